The summed E-state index contributed by atoms with van der Waals surface area (Å²) >= 11 is 0. The SMILES string of the molecule is C=C(C)C/C(C)=C\C(=O)N/C=C/C(C)=C/[C@@H](C)[C@H]1C/C(C)=C/C=C/CC[C@H](OS(=O)(=O)O)/C=C/[C@@H](O)[C@@H](OC(N)=O)CCC/C=C/C(=O)O1. The van der Waals surface area contributed by atoms with Gasteiger partial charge in [0.2, 0.25) is 5.91 Å². The summed E-state index contributed by atoms with van der Waals surface area (Å²) in [6, 6.07) is 0. The fourth-order valence-corrected chi connectivity index (χ4v) is 5.36. The predicted octanol–water partition coefficient (Wildman–Crippen LogP) is 6.00. The van der Waals surface area contributed by atoms with Crippen LogP contribution in [0.5, 0.6) is 0 Å². The molecule has 0 aromatic carbocycles. The summed E-state index contributed by atoms with van der Waals surface area (Å²) in [5.41, 5.74) is 8.80. The topological polar surface area (TPSA) is 192 Å². The van der Waals surface area contributed by atoms with E-state index in [9.17, 15) is 32.5 Å². The van der Waals surface area contributed by atoms with Crippen molar-refractivity contribution in [1.82, 2.24) is 5.32 Å². The summed E-state index contributed by atoms with van der Waals surface area (Å²) in [6.07, 6.45) is 15.0. The average Bonchev–Trinajstić information content (AvgIpc) is 2.96. The molecule has 0 unspecified atom stereocenters. The number of esters is 1. The summed E-state index contributed by atoms with van der Waals surface area (Å²) in [4.78, 5) is 36.4. The van der Waals surface area contributed by atoms with Gasteiger partial charge in [-0.15, -0.1) is 0 Å². The van der Waals surface area contributed by atoms with Gasteiger partial charge in [0.15, 0.2) is 0 Å². The Kier molecular flexibility index (Phi) is 19.8. The molecule has 0 fully saturated rings. The molecule has 13 heteroatoms. The van der Waals surface area contributed by atoms with Crippen LogP contribution < -0.4 is 11.1 Å². The summed E-state index contributed by atoms with van der Waals surface area (Å²) in [7, 11) is -4.79. The van der Waals surface area contributed by atoms with Gasteiger partial charge in [0.1, 0.15) is 18.3 Å². The molecule has 12 nitrogen and oxygen atoms in total. The Morgan fingerprint density at radius 3 is 2.55 bits per heavy atom. The van der Waals surface area contributed by atoms with E-state index < -0.39 is 46.9 Å². The van der Waals surface area contributed by atoms with Crippen LogP contribution >= 0.6 is 0 Å². The van der Waals surface area contributed by atoms with Crippen molar-refractivity contribution in [1.29, 1.82) is 0 Å². The van der Waals surface area contributed by atoms with Crippen LogP contribution in [0.4, 0.5) is 4.79 Å². The molecule has 0 radical (unpaired) electrons. The van der Waals surface area contributed by atoms with Gasteiger partial charge in [-0.3, -0.25) is 9.35 Å². The van der Waals surface area contributed by atoms with E-state index in [1.165, 1.54) is 24.3 Å². The normalized spacial score (nSPS) is 26.3. The Balaban J connectivity index is 3.20. The van der Waals surface area contributed by atoms with Gasteiger partial charge >= 0.3 is 22.5 Å². The lowest BCUT2D eigenvalue weighted by atomic mass is 9.95. The van der Waals surface area contributed by atoms with Crippen molar-refractivity contribution in [2.45, 2.75) is 104 Å². The van der Waals surface area contributed by atoms with Crippen molar-refractivity contribution in [2.24, 2.45) is 11.7 Å². The van der Waals surface area contributed by atoms with E-state index in [1.807, 2.05) is 46.8 Å². The molecule has 0 bridgehead atoms. The molecule has 1 heterocycles. The number of nitrogens with one attached hydrogen (secondary N) is 1. The van der Waals surface area contributed by atoms with Crippen molar-refractivity contribution in [3.8, 4) is 0 Å². The number of cyclic esters (lactones) is 1. The quantitative estimate of drug-likeness (QED) is 0.0689. The van der Waals surface area contributed by atoms with Crippen LogP contribution in [0.2, 0.25) is 0 Å². The second-order valence-corrected chi connectivity index (χ2v) is 13.2. The number of primary amides is 1. The first-order chi connectivity index (χ1) is 22.9. The monoisotopic (exact) mass is 704 g/mol. The molecule has 0 aromatic rings. The maximum absolute atomic E-state index is 12.8. The molecule has 0 aromatic heterocycles. The molecule has 1 aliphatic heterocycles. The van der Waals surface area contributed by atoms with Crippen LogP contribution in [0.25, 0.3) is 0 Å². The lowest BCUT2D eigenvalue weighted by Gasteiger charge is -2.22. The Bertz CT molecular complexity index is 1450. The maximum atomic E-state index is 12.8. The van der Waals surface area contributed by atoms with E-state index in [2.05, 4.69) is 11.9 Å². The Labute approximate surface area is 290 Å². The van der Waals surface area contributed by atoms with Crippen LogP contribution in [0.3, 0.4) is 0 Å². The smallest absolute Gasteiger partial charge is 0.404 e. The number of rotatable bonds is 10. The number of ether oxygens (including phenoxy) is 2. The molecule has 5 atom stereocenters. The highest BCUT2D eigenvalue weighted by Crippen LogP contribution is 2.21. The number of aliphatic hydroxyl groups is 1. The van der Waals surface area contributed by atoms with Gasteiger partial charge in [-0.25, -0.2) is 13.8 Å². The third-order valence-corrected chi connectivity index (χ3v) is 7.59. The minimum absolute atomic E-state index is 0.137. The number of carbonyl (C=O) groups excluding carboxylic acids is 3. The van der Waals surface area contributed by atoms with Crippen LogP contribution in [0.15, 0.2) is 95.8 Å². The summed E-state index contributed by atoms with van der Waals surface area (Å²) in [5, 5.41) is 13.3. The van der Waals surface area contributed by atoms with Crippen LogP contribution in [0.1, 0.15) is 79.6 Å². The number of carbonyl (C=O) groups is 3. The molecule has 0 aliphatic carbocycles. The van der Waals surface area contributed by atoms with Crippen molar-refractivity contribution < 1.29 is 46.1 Å². The predicted molar refractivity (Wildman–Crippen MR) is 189 cm³/mol. The van der Waals surface area contributed by atoms with Gasteiger partial charge in [-0.05, 0) is 72.3 Å². The van der Waals surface area contributed by atoms with Gasteiger partial charge in [0.05, 0.1) is 6.10 Å². The molecule has 1 rings (SSSR count). The van der Waals surface area contributed by atoms with Crippen molar-refractivity contribution in [3.63, 3.8) is 0 Å². The minimum atomic E-state index is -4.79. The van der Waals surface area contributed by atoms with Gasteiger partial charge in [-0.2, -0.15) is 8.42 Å². The standard InChI is InChI=1S/C36H52N2O10S/c1-25(2)21-28(5)24-34(40)38-20-19-27(4)22-29(6)33-23-26(3)13-9-7-10-14-30(48-49(43,44)45)17-18-31(39)32(47-36(37)42)15-11-8-12-16-35(41)46-33/h7,9,12-13,16-20,22,24,29-33,39H,1,8,10-11,14-15,21,23H2,2-6H3,(H2,37,42)(H,38,40)(H,43,44,45)/b9-7+,16-12+,18-17+,20-19+,26-13+,27-22+,28-24-/t29-,30+,31-,32+,33-/m1/s1. The second kappa shape index (κ2) is 22.6. The molecular weight excluding hydrogens is 652 g/mol. The highest BCUT2D eigenvalue weighted by Gasteiger charge is 2.22. The zero-order valence-electron chi connectivity index (χ0n) is 29.0. The number of aliphatic hydroxyl groups excluding tert-OH is 1. The van der Waals surface area contributed by atoms with Gasteiger partial charge in [0, 0.05) is 30.7 Å². The van der Waals surface area contributed by atoms with E-state index in [4.69, 9.17) is 19.4 Å². The molecule has 0 saturated carbocycles. The van der Waals surface area contributed by atoms with Crippen molar-refractivity contribution in [3.05, 3.63) is 95.8 Å². The first-order valence-corrected chi connectivity index (χ1v) is 17.5. The number of nitrogens with two attached hydrogens (primary N) is 1. The molecule has 272 valence electrons. The number of allylic oxidation sites excluding steroid dienone is 8. The fraction of sp³-hybridized carbons (Fsp3) is 0.472. The second-order valence-electron chi connectivity index (χ2n) is 12.2. The highest BCUT2D eigenvalue weighted by atomic mass is 32.3. The van der Waals surface area contributed by atoms with Crippen LogP contribution in [-0.2, 0) is 33.6 Å². The Hall–Kier alpha value is -4.04. The summed E-state index contributed by atoms with van der Waals surface area (Å²) < 4.78 is 47.6. The molecule has 0 spiro atoms. The molecule has 49 heavy (non-hydrogen) atoms. The van der Waals surface area contributed by atoms with Crippen LogP contribution in [-0.4, -0.2) is 60.5 Å². The molecule has 2 amide bonds. The lowest BCUT2D eigenvalue weighted by Crippen LogP contribution is -2.32. The molecular formula is C36H52N2O10S. The zero-order valence-corrected chi connectivity index (χ0v) is 29.9. The molecule has 0 saturated heterocycles. The summed E-state index contributed by atoms with van der Waals surface area (Å²) in [5.74, 6) is -0.984. The van der Waals surface area contributed by atoms with Gasteiger partial charge in [-0.1, -0.05) is 78.3 Å². The number of amides is 2. The van der Waals surface area contributed by atoms with E-state index in [-0.39, 0.29) is 24.7 Å². The van der Waals surface area contributed by atoms with Crippen LogP contribution in [0, 0.1) is 5.92 Å². The van der Waals surface area contributed by atoms with E-state index in [1.54, 1.807) is 30.5 Å². The first-order valence-electron chi connectivity index (χ1n) is 16.1. The van der Waals surface area contributed by atoms with Crippen molar-refractivity contribution in [2.75, 3.05) is 0 Å². The highest BCUT2D eigenvalue weighted by molar-refractivity contribution is 7.80. The Morgan fingerprint density at radius 1 is 1.18 bits per heavy atom. The fourth-order valence-electron chi connectivity index (χ4n) is 4.88. The third kappa shape index (κ3) is 21.5. The maximum Gasteiger partial charge on any atom is 0.404 e. The number of hydrogen-bond acceptors (Lipinski definition) is 9. The van der Waals surface area contributed by atoms with E-state index in [0.717, 1.165) is 22.3 Å². The minimum Gasteiger partial charge on any atom is -0.458 e. The molecule has 5 N–H and O–H groups in total. The number of hydrogen-bond donors (Lipinski definition) is 4. The average molecular weight is 705 g/mol. The third-order valence-electron chi connectivity index (χ3n) is 7.10. The largest absolute Gasteiger partial charge is 0.458 e. The lowest BCUT2D eigenvalue weighted by molar-refractivity contribution is -0.144. The summed E-state index contributed by atoms with van der Waals surface area (Å²) in [6.45, 7) is 13.3. The Morgan fingerprint density at radius 2 is 1.90 bits per heavy atom. The molecule has 1 aliphatic rings. The van der Waals surface area contributed by atoms with E-state index in [0.29, 0.717) is 32.1 Å². The van der Waals surface area contributed by atoms with Gasteiger partial charge < -0.3 is 25.6 Å². The van der Waals surface area contributed by atoms with Gasteiger partial charge in [0.25, 0.3) is 0 Å². The first kappa shape index (κ1) is 43.0. The van der Waals surface area contributed by atoms with E-state index >= 15 is 0 Å². The van der Waals surface area contributed by atoms with Crippen molar-refractivity contribution >= 4 is 28.4 Å². The zero-order chi connectivity index (χ0) is 37.0.